The molecule has 12 heteroatoms. The fraction of sp³-hybridized carbons (Fsp3) is 0.333. The molecule has 204 valence electrons. The van der Waals surface area contributed by atoms with Crippen LogP contribution in [0.5, 0.6) is 11.5 Å². The normalized spacial score (nSPS) is 20.6. The quantitative estimate of drug-likeness (QED) is 0.235. The van der Waals surface area contributed by atoms with Crippen molar-refractivity contribution in [3.05, 3.63) is 72.3 Å². The molecule has 39 heavy (non-hydrogen) atoms. The molecule has 1 aliphatic heterocycles. The summed E-state index contributed by atoms with van der Waals surface area (Å²) in [5.74, 6) is 1.04. The van der Waals surface area contributed by atoms with Crippen LogP contribution in [-0.4, -0.2) is 80.8 Å². The first kappa shape index (κ1) is 26.4. The van der Waals surface area contributed by atoms with Crippen LogP contribution < -0.4 is 20.1 Å². The lowest BCUT2D eigenvalue weighted by Gasteiger charge is -2.22. The van der Waals surface area contributed by atoms with Gasteiger partial charge < -0.3 is 39.6 Å². The van der Waals surface area contributed by atoms with Gasteiger partial charge in [-0.25, -0.2) is 15.0 Å². The van der Waals surface area contributed by atoms with Crippen molar-refractivity contribution in [3.8, 4) is 11.5 Å². The molecule has 0 aliphatic carbocycles. The number of aliphatic hydroxyl groups excluding tert-OH is 2. The zero-order chi connectivity index (χ0) is 27.4. The summed E-state index contributed by atoms with van der Waals surface area (Å²) in [5.41, 5.74) is 2.53. The van der Waals surface area contributed by atoms with Crippen LogP contribution in [0.25, 0.3) is 11.2 Å². The van der Waals surface area contributed by atoms with E-state index in [0.717, 1.165) is 5.56 Å². The second kappa shape index (κ2) is 11.6. The fourth-order valence-corrected chi connectivity index (χ4v) is 4.62. The van der Waals surface area contributed by atoms with E-state index in [1.165, 1.54) is 20.5 Å². The molecule has 4 atom stereocenters. The van der Waals surface area contributed by atoms with Crippen molar-refractivity contribution < 1.29 is 29.2 Å². The number of aromatic nitrogens is 4. The Labute approximate surface area is 224 Å². The molecule has 2 aromatic heterocycles. The topological polar surface area (TPSA) is 153 Å². The van der Waals surface area contributed by atoms with Crippen molar-refractivity contribution in [1.82, 2.24) is 24.8 Å². The summed E-state index contributed by atoms with van der Waals surface area (Å²) in [4.78, 5) is 26.4. The molecule has 1 amide bonds. The molecule has 2 unspecified atom stereocenters. The SMILES string of the molecule is COc1cc(OC)cc(C(=O)N[C@@H]2C(Cn3cnc4c(NCc5ccccc5)ncnc43)OC(CO)[C@@H]2O)c1. The van der Waals surface area contributed by atoms with Gasteiger partial charge in [-0.2, -0.15) is 0 Å². The molecular formula is C27H30N6O6. The molecule has 0 bridgehead atoms. The van der Waals surface area contributed by atoms with Crippen molar-refractivity contribution in [1.29, 1.82) is 0 Å². The Bertz CT molecular complexity index is 1410. The number of carbonyl (C=O) groups is 1. The summed E-state index contributed by atoms with van der Waals surface area (Å²) in [6.45, 7) is 0.377. The van der Waals surface area contributed by atoms with Gasteiger partial charge in [-0.05, 0) is 17.7 Å². The molecule has 4 N–H and O–H groups in total. The van der Waals surface area contributed by atoms with Gasteiger partial charge in [-0.1, -0.05) is 30.3 Å². The Morgan fingerprint density at radius 1 is 1.05 bits per heavy atom. The lowest BCUT2D eigenvalue weighted by molar-refractivity contribution is -0.0255. The van der Waals surface area contributed by atoms with E-state index >= 15 is 0 Å². The number of imidazole rings is 1. The van der Waals surface area contributed by atoms with Crippen LogP contribution in [0.4, 0.5) is 5.82 Å². The predicted molar refractivity (Wildman–Crippen MR) is 142 cm³/mol. The summed E-state index contributed by atoms with van der Waals surface area (Å²) in [5, 5.41) is 26.8. The number of hydrogen-bond donors (Lipinski definition) is 4. The Morgan fingerprint density at radius 3 is 2.49 bits per heavy atom. The summed E-state index contributed by atoms with van der Waals surface area (Å²) >= 11 is 0. The van der Waals surface area contributed by atoms with E-state index in [-0.39, 0.29) is 6.54 Å². The lowest BCUT2D eigenvalue weighted by atomic mass is 10.0. The number of nitrogens with zero attached hydrogens (tertiary/aromatic N) is 4. The first-order valence-corrected chi connectivity index (χ1v) is 12.4. The summed E-state index contributed by atoms with van der Waals surface area (Å²) in [6.07, 6.45) is 0.378. The highest BCUT2D eigenvalue weighted by Crippen LogP contribution is 2.27. The maximum atomic E-state index is 13.2. The minimum atomic E-state index is -1.14. The third kappa shape index (κ3) is 5.62. The summed E-state index contributed by atoms with van der Waals surface area (Å²) < 4.78 is 18.2. The highest BCUT2D eigenvalue weighted by Gasteiger charge is 2.44. The Kier molecular flexibility index (Phi) is 7.87. The smallest absolute Gasteiger partial charge is 0.251 e. The van der Waals surface area contributed by atoms with Crippen LogP contribution in [0.15, 0.2) is 61.2 Å². The Hall–Kier alpha value is -4.26. The second-order valence-corrected chi connectivity index (χ2v) is 9.12. The highest BCUT2D eigenvalue weighted by molar-refractivity contribution is 5.95. The van der Waals surface area contributed by atoms with Crippen LogP contribution in [-0.2, 0) is 17.8 Å². The number of methoxy groups -OCH3 is 2. The van der Waals surface area contributed by atoms with Gasteiger partial charge in [0.25, 0.3) is 5.91 Å². The van der Waals surface area contributed by atoms with Crippen LogP contribution in [0.1, 0.15) is 15.9 Å². The average molecular weight is 535 g/mol. The van der Waals surface area contributed by atoms with Gasteiger partial charge in [0.05, 0.1) is 45.8 Å². The lowest BCUT2D eigenvalue weighted by Crippen LogP contribution is -2.49. The number of fused-ring (bicyclic) bond motifs is 1. The number of nitrogens with one attached hydrogen (secondary N) is 2. The molecule has 0 spiro atoms. The molecule has 2 aromatic carbocycles. The number of ether oxygens (including phenoxy) is 3. The number of amides is 1. The number of benzene rings is 2. The zero-order valence-electron chi connectivity index (χ0n) is 21.5. The number of hydrogen-bond acceptors (Lipinski definition) is 10. The highest BCUT2D eigenvalue weighted by atomic mass is 16.5. The van der Waals surface area contributed by atoms with Gasteiger partial charge in [-0.3, -0.25) is 4.79 Å². The first-order valence-electron chi connectivity index (χ1n) is 12.4. The molecule has 1 saturated heterocycles. The van der Waals surface area contributed by atoms with Gasteiger partial charge >= 0.3 is 0 Å². The van der Waals surface area contributed by atoms with Crippen LogP contribution in [0.3, 0.4) is 0 Å². The molecule has 1 fully saturated rings. The van der Waals surface area contributed by atoms with Crippen molar-refractivity contribution in [2.24, 2.45) is 0 Å². The molecule has 5 rings (SSSR count). The molecule has 12 nitrogen and oxygen atoms in total. The number of carbonyl (C=O) groups excluding carboxylic acids is 1. The maximum Gasteiger partial charge on any atom is 0.251 e. The van der Waals surface area contributed by atoms with Gasteiger partial charge in [0.2, 0.25) is 0 Å². The van der Waals surface area contributed by atoms with E-state index in [9.17, 15) is 15.0 Å². The van der Waals surface area contributed by atoms with E-state index < -0.39 is 36.9 Å². The minimum Gasteiger partial charge on any atom is -0.497 e. The largest absolute Gasteiger partial charge is 0.497 e. The molecule has 4 aromatic rings. The van der Waals surface area contributed by atoms with Gasteiger partial charge in [0.15, 0.2) is 11.5 Å². The first-order chi connectivity index (χ1) is 19.0. The van der Waals surface area contributed by atoms with Crippen LogP contribution in [0.2, 0.25) is 0 Å². The van der Waals surface area contributed by atoms with Crippen LogP contribution in [0, 0.1) is 0 Å². The fourth-order valence-electron chi connectivity index (χ4n) is 4.62. The zero-order valence-corrected chi connectivity index (χ0v) is 21.5. The number of rotatable bonds is 10. The Morgan fingerprint density at radius 2 is 1.79 bits per heavy atom. The number of anilines is 1. The van der Waals surface area contributed by atoms with Crippen molar-refractivity contribution in [3.63, 3.8) is 0 Å². The van der Waals surface area contributed by atoms with E-state index in [1.54, 1.807) is 29.1 Å². The molecule has 0 saturated carbocycles. The number of aliphatic hydroxyl groups is 2. The van der Waals surface area contributed by atoms with Gasteiger partial charge in [0.1, 0.15) is 35.6 Å². The monoisotopic (exact) mass is 534 g/mol. The second-order valence-electron chi connectivity index (χ2n) is 9.12. The molecule has 0 radical (unpaired) electrons. The van der Waals surface area contributed by atoms with Crippen molar-refractivity contribution in [2.75, 3.05) is 26.1 Å². The Balaban J connectivity index is 1.35. The molecular weight excluding hydrogens is 504 g/mol. The van der Waals surface area contributed by atoms with Gasteiger partial charge in [0, 0.05) is 18.2 Å². The minimum absolute atomic E-state index is 0.214. The van der Waals surface area contributed by atoms with E-state index in [2.05, 4.69) is 25.6 Å². The summed E-state index contributed by atoms with van der Waals surface area (Å²) in [6, 6.07) is 13.9. The summed E-state index contributed by atoms with van der Waals surface area (Å²) in [7, 11) is 2.99. The predicted octanol–water partition coefficient (Wildman–Crippen LogP) is 1.37. The molecule has 1 aliphatic rings. The maximum absolute atomic E-state index is 13.2. The van der Waals surface area contributed by atoms with Crippen LogP contribution >= 0.6 is 0 Å². The van der Waals surface area contributed by atoms with Crippen molar-refractivity contribution in [2.45, 2.75) is 37.4 Å². The van der Waals surface area contributed by atoms with E-state index in [0.29, 0.717) is 40.6 Å². The van der Waals surface area contributed by atoms with Gasteiger partial charge in [-0.15, -0.1) is 0 Å². The third-order valence-electron chi connectivity index (χ3n) is 6.67. The average Bonchev–Trinajstić information content (AvgIpc) is 3.52. The third-order valence-corrected chi connectivity index (χ3v) is 6.67. The van der Waals surface area contributed by atoms with E-state index in [1.807, 2.05) is 30.3 Å². The van der Waals surface area contributed by atoms with E-state index in [4.69, 9.17) is 14.2 Å². The molecule has 3 heterocycles. The van der Waals surface area contributed by atoms with Crippen molar-refractivity contribution >= 4 is 22.9 Å². The standard InChI is InChI=1S/C27H30N6O6/c1-37-18-8-17(9-19(10-18)38-2)27(36)32-22-20(39-21(13-34)24(22)35)12-33-15-31-23-25(29-14-30-26(23)33)28-11-16-6-4-3-5-7-16/h3-10,14-15,20-22,24,34-35H,11-13H2,1-2H3,(H,32,36)(H,28,29,30)/t20?,21?,22-,24+/m1/s1.